The van der Waals surface area contributed by atoms with Gasteiger partial charge in [-0.05, 0) is 44.2 Å². The Kier molecular flexibility index (Phi) is 8.46. The smallest absolute Gasteiger partial charge is 0.323 e. The Labute approximate surface area is 200 Å². The van der Waals surface area contributed by atoms with Gasteiger partial charge in [0.25, 0.3) is 5.91 Å². The predicted octanol–water partition coefficient (Wildman–Crippen LogP) is 3.91. The lowest BCUT2D eigenvalue weighted by molar-refractivity contribution is 0.0150. The Morgan fingerprint density at radius 3 is 2.56 bits per heavy atom. The third kappa shape index (κ3) is 6.24. The molecule has 0 unspecified atom stereocenters. The van der Waals surface area contributed by atoms with Gasteiger partial charge in [0.05, 0.1) is 17.4 Å². The summed E-state index contributed by atoms with van der Waals surface area (Å²) in [5.41, 5.74) is 0.873. The number of benzene rings is 2. The maximum atomic E-state index is 13.8. The van der Waals surface area contributed by atoms with Gasteiger partial charge in [0.1, 0.15) is 18.2 Å². The number of carbonyl (C=O) groups is 2. The molecule has 3 amide bonds. The average molecular weight is 473 g/mol. The van der Waals surface area contributed by atoms with Crippen LogP contribution in [0.4, 0.5) is 20.6 Å². The fourth-order valence-electron chi connectivity index (χ4n) is 3.88. The summed E-state index contributed by atoms with van der Waals surface area (Å²) in [7, 11) is 5.43. The van der Waals surface area contributed by atoms with Crippen molar-refractivity contribution in [1.82, 2.24) is 9.80 Å². The number of para-hydroxylation sites is 1. The summed E-state index contributed by atoms with van der Waals surface area (Å²) in [6, 6.07) is 10.2. The van der Waals surface area contributed by atoms with Crippen LogP contribution >= 0.6 is 0 Å². The number of rotatable bonds is 3. The van der Waals surface area contributed by atoms with Crippen LogP contribution in [0.25, 0.3) is 0 Å². The van der Waals surface area contributed by atoms with Crippen molar-refractivity contribution >= 4 is 23.3 Å². The molecule has 8 nitrogen and oxygen atoms in total. The van der Waals surface area contributed by atoms with Crippen molar-refractivity contribution in [2.24, 2.45) is 5.92 Å². The molecule has 3 rings (SSSR count). The summed E-state index contributed by atoms with van der Waals surface area (Å²) in [6.07, 6.45) is -0.115. The van der Waals surface area contributed by atoms with Crippen molar-refractivity contribution in [2.75, 3.05) is 51.5 Å². The molecular weight excluding hydrogens is 439 g/mol. The third-order valence-corrected chi connectivity index (χ3v) is 6.14. The first-order valence-electron chi connectivity index (χ1n) is 11.3. The molecule has 0 radical (unpaired) electrons. The number of ether oxygens (including phenoxy) is 2. The molecule has 3 atom stereocenters. The van der Waals surface area contributed by atoms with E-state index in [0.29, 0.717) is 30.2 Å². The van der Waals surface area contributed by atoms with Crippen LogP contribution in [0.1, 0.15) is 24.2 Å². The number of methoxy groups -OCH3 is 1. The van der Waals surface area contributed by atoms with Gasteiger partial charge < -0.3 is 25.0 Å². The van der Waals surface area contributed by atoms with E-state index in [4.69, 9.17) is 9.47 Å². The Hall–Kier alpha value is -3.17. The maximum Gasteiger partial charge on any atom is 0.323 e. The van der Waals surface area contributed by atoms with E-state index in [0.717, 1.165) is 6.54 Å². The van der Waals surface area contributed by atoms with Crippen LogP contribution in [0.2, 0.25) is 0 Å². The molecule has 1 aliphatic heterocycles. The number of halogens is 1. The molecule has 0 saturated heterocycles. The lowest BCUT2D eigenvalue weighted by atomic mass is 10.0. The first-order valence-corrected chi connectivity index (χ1v) is 11.3. The zero-order chi connectivity index (χ0) is 24.8. The van der Waals surface area contributed by atoms with Crippen LogP contribution in [-0.2, 0) is 4.74 Å². The molecule has 0 aliphatic carbocycles. The summed E-state index contributed by atoms with van der Waals surface area (Å²) in [6.45, 7) is 5.74. The summed E-state index contributed by atoms with van der Waals surface area (Å²) in [5, 5.41) is 5.15. The quantitative estimate of drug-likeness (QED) is 0.708. The summed E-state index contributed by atoms with van der Waals surface area (Å²) in [5.74, 6) is -0.156. The number of urea groups is 1. The van der Waals surface area contributed by atoms with Crippen LogP contribution in [0.5, 0.6) is 5.75 Å². The molecule has 0 aromatic heterocycles. The van der Waals surface area contributed by atoms with Gasteiger partial charge in [-0.1, -0.05) is 19.1 Å². The molecule has 1 heterocycles. The zero-order valence-corrected chi connectivity index (χ0v) is 20.3. The molecule has 0 fully saturated rings. The molecule has 0 saturated carbocycles. The van der Waals surface area contributed by atoms with E-state index in [1.165, 1.54) is 12.1 Å². The lowest BCUT2D eigenvalue weighted by Crippen LogP contribution is -2.45. The minimum atomic E-state index is -0.605. The normalized spacial score (nSPS) is 22.1. The van der Waals surface area contributed by atoms with Gasteiger partial charge in [-0.25, -0.2) is 9.18 Å². The number of hydrogen-bond acceptors (Lipinski definition) is 5. The Balaban J connectivity index is 1.84. The molecule has 0 bridgehead atoms. The number of fused-ring (bicyclic) bond motifs is 1. The molecular formula is C25H33FN4O4. The van der Waals surface area contributed by atoms with E-state index in [1.54, 1.807) is 49.4 Å². The Morgan fingerprint density at radius 1 is 1.12 bits per heavy atom. The van der Waals surface area contributed by atoms with Crippen molar-refractivity contribution in [3.63, 3.8) is 0 Å². The summed E-state index contributed by atoms with van der Waals surface area (Å²) in [4.78, 5) is 29.4. The van der Waals surface area contributed by atoms with Gasteiger partial charge in [0, 0.05) is 45.0 Å². The van der Waals surface area contributed by atoms with Crippen LogP contribution in [-0.4, -0.2) is 74.8 Å². The first-order chi connectivity index (χ1) is 16.2. The Bertz CT molecular complexity index is 1020. The molecule has 2 N–H and O–H groups in total. The topological polar surface area (TPSA) is 83.1 Å². The number of carbonyl (C=O) groups excluding carboxylic acids is 2. The summed E-state index contributed by atoms with van der Waals surface area (Å²) < 4.78 is 25.6. The van der Waals surface area contributed by atoms with Gasteiger partial charge >= 0.3 is 6.03 Å². The van der Waals surface area contributed by atoms with Gasteiger partial charge in [-0.2, -0.15) is 0 Å². The van der Waals surface area contributed by atoms with Crippen LogP contribution in [0.15, 0.2) is 42.5 Å². The van der Waals surface area contributed by atoms with E-state index >= 15 is 0 Å². The standard InChI is InChI=1S/C25H33FN4O4/c1-16-13-29(3)17(2)15-34-22-12-18(27-25(32)28-21-9-7-6-8-20(21)26)10-11-19(22)24(31)30(4)14-23(16)33-5/h6-12,16-17,23H,13-15H2,1-5H3,(H2,27,28,32)/t16-,17-,23-/m1/s1. The molecule has 2 aromatic carbocycles. The highest BCUT2D eigenvalue weighted by atomic mass is 19.1. The molecule has 184 valence electrons. The number of nitrogens with zero attached hydrogens (tertiary/aromatic N) is 2. The van der Waals surface area contributed by atoms with Crippen molar-refractivity contribution in [2.45, 2.75) is 26.0 Å². The van der Waals surface area contributed by atoms with E-state index in [-0.39, 0.29) is 29.7 Å². The molecule has 1 aliphatic rings. The number of hydrogen-bond donors (Lipinski definition) is 2. The molecule has 9 heteroatoms. The van der Waals surface area contributed by atoms with Gasteiger partial charge in [-0.3, -0.25) is 9.69 Å². The van der Waals surface area contributed by atoms with E-state index in [1.807, 2.05) is 7.05 Å². The van der Waals surface area contributed by atoms with Crippen LogP contribution < -0.4 is 15.4 Å². The maximum absolute atomic E-state index is 13.8. The minimum absolute atomic E-state index is 0.0677. The lowest BCUT2D eigenvalue weighted by Gasteiger charge is -2.34. The zero-order valence-electron chi connectivity index (χ0n) is 20.3. The summed E-state index contributed by atoms with van der Waals surface area (Å²) >= 11 is 0. The van der Waals surface area contributed by atoms with Gasteiger partial charge in [0.15, 0.2) is 0 Å². The highest BCUT2D eigenvalue weighted by molar-refractivity contribution is 6.01. The fourth-order valence-corrected chi connectivity index (χ4v) is 3.88. The van der Waals surface area contributed by atoms with E-state index in [2.05, 4.69) is 29.4 Å². The second-order valence-corrected chi connectivity index (χ2v) is 8.81. The number of anilines is 2. The molecule has 34 heavy (non-hydrogen) atoms. The molecule has 0 spiro atoms. The first kappa shape index (κ1) is 25.5. The van der Waals surface area contributed by atoms with Crippen molar-refractivity contribution in [3.05, 3.63) is 53.8 Å². The van der Waals surface area contributed by atoms with Crippen LogP contribution in [0.3, 0.4) is 0 Å². The second-order valence-electron chi connectivity index (χ2n) is 8.81. The van der Waals surface area contributed by atoms with Gasteiger partial charge in [0.2, 0.25) is 0 Å². The monoisotopic (exact) mass is 472 g/mol. The van der Waals surface area contributed by atoms with E-state index < -0.39 is 11.8 Å². The van der Waals surface area contributed by atoms with Crippen LogP contribution in [0, 0.1) is 11.7 Å². The number of amides is 3. The molecule has 2 aromatic rings. The fraction of sp³-hybridized carbons (Fsp3) is 0.440. The van der Waals surface area contributed by atoms with Crippen molar-refractivity contribution in [1.29, 1.82) is 0 Å². The average Bonchev–Trinajstić information content (AvgIpc) is 2.81. The SMILES string of the molecule is CO[C@@H]1CN(C)C(=O)c2ccc(NC(=O)Nc3ccccc3F)cc2OC[C@@H](C)N(C)C[C@H]1C. The van der Waals surface area contributed by atoms with E-state index in [9.17, 15) is 14.0 Å². The van der Waals surface area contributed by atoms with Crippen molar-refractivity contribution < 1.29 is 23.5 Å². The predicted molar refractivity (Wildman–Crippen MR) is 130 cm³/mol. The minimum Gasteiger partial charge on any atom is -0.491 e. The Morgan fingerprint density at radius 2 is 1.85 bits per heavy atom. The number of likely N-dealkylation sites (N-methyl/N-ethyl adjacent to an activating group) is 2. The largest absolute Gasteiger partial charge is 0.491 e. The highest BCUT2D eigenvalue weighted by Crippen LogP contribution is 2.27. The highest BCUT2D eigenvalue weighted by Gasteiger charge is 2.27. The number of nitrogens with one attached hydrogen (secondary N) is 2. The van der Waals surface area contributed by atoms with Crippen molar-refractivity contribution in [3.8, 4) is 5.75 Å². The second kappa shape index (κ2) is 11.3. The third-order valence-electron chi connectivity index (χ3n) is 6.14. The van der Waals surface area contributed by atoms with Gasteiger partial charge in [-0.15, -0.1) is 0 Å².